The van der Waals surface area contributed by atoms with Crippen molar-refractivity contribution in [3.05, 3.63) is 24.3 Å². The highest BCUT2D eigenvalue weighted by Crippen LogP contribution is 1.94. The summed E-state index contributed by atoms with van der Waals surface area (Å²) in [5, 5.41) is 8.19. The molecule has 0 fully saturated rings. The molecule has 0 aromatic carbocycles. The van der Waals surface area contributed by atoms with Gasteiger partial charge >= 0.3 is 0 Å². The molecule has 0 saturated heterocycles. The van der Waals surface area contributed by atoms with Gasteiger partial charge in [-0.1, -0.05) is 24.0 Å². The van der Waals surface area contributed by atoms with Gasteiger partial charge in [0.25, 0.3) is 0 Å². The maximum absolute atomic E-state index is 8.57. The molecule has 0 bridgehead atoms. The summed E-state index contributed by atoms with van der Waals surface area (Å²) in [6.45, 7) is 1.79. The summed E-state index contributed by atoms with van der Waals surface area (Å²) in [4.78, 5) is 0. The van der Waals surface area contributed by atoms with E-state index >= 15 is 0 Å². The molecule has 0 aromatic rings. The maximum atomic E-state index is 8.57. The summed E-state index contributed by atoms with van der Waals surface area (Å²) >= 11 is 5.59. The number of aliphatic hydroxyl groups is 1. The minimum atomic E-state index is -0.387. The normalized spacial score (nSPS) is 10.9. The molecule has 0 amide bonds. The van der Waals surface area contributed by atoms with Crippen molar-refractivity contribution in [2.24, 2.45) is 0 Å². The Hall–Kier alpha value is -1.59. The summed E-state index contributed by atoms with van der Waals surface area (Å²) in [7, 11) is 0. The van der Waals surface area contributed by atoms with Crippen LogP contribution in [0, 0.1) is 35.5 Å². The first-order valence-electron chi connectivity index (χ1n) is 4.35. The van der Waals surface area contributed by atoms with Crippen LogP contribution in [-0.4, -0.2) is 17.1 Å². The fourth-order valence-electron chi connectivity index (χ4n) is 0.515. The van der Waals surface area contributed by atoms with Crippen LogP contribution in [0.3, 0.4) is 0 Å². The lowest BCUT2D eigenvalue weighted by molar-refractivity contribution is 0.305. The Morgan fingerprint density at radius 2 is 1.73 bits per heavy atom. The lowest BCUT2D eigenvalue weighted by Crippen LogP contribution is -1.98. The third kappa shape index (κ3) is 10.3. The van der Waals surface area contributed by atoms with E-state index in [4.69, 9.17) is 16.7 Å². The lowest BCUT2D eigenvalue weighted by atomic mass is 10.4. The summed E-state index contributed by atoms with van der Waals surface area (Å²) < 4.78 is 0. The van der Waals surface area contributed by atoms with Crippen LogP contribution < -0.4 is 0 Å². The highest BCUT2D eigenvalue weighted by molar-refractivity contribution is 6.21. The molecule has 0 aliphatic heterocycles. The smallest absolute Gasteiger partial charge is 0.0756 e. The van der Waals surface area contributed by atoms with Crippen molar-refractivity contribution in [1.29, 1.82) is 0 Å². The average molecular weight is 219 g/mol. The van der Waals surface area contributed by atoms with E-state index in [2.05, 4.69) is 35.5 Å². The Balaban J connectivity index is 4.01. The Kier molecular flexibility index (Phi) is 9.38. The molecule has 76 valence electrons. The SMILES string of the molecule is CC=CC#CC#CC#CC=C[C@H](Cl)CO. The molecule has 2 heteroatoms. The highest BCUT2D eigenvalue weighted by Gasteiger charge is 1.91. The minimum Gasteiger partial charge on any atom is -0.395 e. The third-order valence-electron chi connectivity index (χ3n) is 1.14. The van der Waals surface area contributed by atoms with Crippen LogP contribution in [-0.2, 0) is 0 Å². The number of hydrogen-bond acceptors (Lipinski definition) is 1. The van der Waals surface area contributed by atoms with E-state index in [0.717, 1.165) is 0 Å². The van der Waals surface area contributed by atoms with Crippen molar-refractivity contribution in [1.82, 2.24) is 0 Å². The van der Waals surface area contributed by atoms with Crippen LogP contribution in [0.15, 0.2) is 24.3 Å². The van der Waals surface area contributed by atoms with Crippen molar-refractivity contribution >= 4 is 11.6 Å². The summed E-state index contributed by atoms with van der Waals surface area (Å²) in [6, 6.07) is 0. The van der Waals surface area contributed by atoms with Crippen LogP contribution in [0.4, 0.5) is 0 Å². The van der Waals surface area contributed by atoms with Gasteiger partial charge in [0.1, 0.15) is 0 Å². The van der Waals surface area contributed by atoms with Crippen molar-refractivity contribution < 1.29 is 5.11 Å². The van der Waals surface area contributed by atoms with E-state index in [1.165, 1.54) is 0 Å². The summed E-state index contributed by atoms with van der Waals surface area (Å²) in [6.07, 6.45) is 6.70. The average Bonchev–Trinajstić information content (AvgIpc) is 2.26. The van der Waals surface area contributed by atoms with Gasteiger partial charge in [-0.25, -0.2) is 0 Å². The van der Waals surface area contributed by atoms with E-state index in [1.807, 2.05) is 13.0 Å². The highest BCUT2D eigenvalue weighted by atomic mass is 35.5. The lowest BCUT2D eigenvalue weighted by Gasteiger charge is -1.92. The molecular formula is C13H11ClO. The zero-order valence-corrected chi connectivity index (χ0v) is 9.17. The first-order chi connectivity index (χ1) is 7.31. The molecule has 1 atom stereocenters. The third-order valence-corrected chi connectivity index (χ3v) is 1.43. The molecular weight excluding hydrogens is 208 g/mol. The van der Waals surface area contributed by atoms with E-state index < -0.39 is 0 Å². The number of hydrogen-bond donors (Lipinski definition) is 1. The molecule has 0 aromatic heterocycles. The molecule has 0 aliphatic rings. The van der Waals surface area contributed by atoms with Gasteiger partial charge in [-0.05, 0) is 42.8 Å². The Morgan fingerprint density at radius 3 is 2.27 bits per heavy atom. The van der Waals surface area contributed by atoms with E-state index in [9.17, 15) is 0 Å². The second-order valence-electron chi connectivity index (χ2n) is 2.35. The van der Waals surface area contributed by atoms with Gasteiger partial charge in [0.15, 0.2) is 0 Å². The molecule has 0 saturated carbocycles. The van der Waals surface area contributed by atoms with Gasteiger partial charge in [0, 0.05) is 0 Å². The molecule has 0 spiro atoms. The topological polar surface area (TPSA) is 20.2 Å². The number of rotatable bonds is 2. The Bertz CT molecular complexity index is 399. The van der Waals surface area contributed by atoms with Crippen LogP contribution in [0.5, 0.6) is 0 Å². The predicted octanol–water partition coefficient (Wildman–Crippen LogP) is 1.73. The summed E-state index contributed by atoms with van der Waals surface area (Å²) in [5.74, 6) is 15.7. The van der Waals surface area contributed by atoms with E-state index in [1.54, 1.807) is 18.2 Å². The number of alkyl halides is 1. The van der Waals surface area contributed by atoms with Gasteiger partial charge < -0.3 is 5.11 Å². The number of aliphatic hydroxyl groups excluding tert-OH is 1. The fraction of sp³-hybridized carbons (Fsp3) is 0.231. The Morgan fingerprint density at radius 1 is 1.13 bits per heavy atom. The van der Waals surface area contributed by atoms with Crippen LogP contribution in [0.25, 0.3) is 0 Å². The van der Waals surface area contributed by atoms with Crippen molar-refractivity contribution in [3.63, 3.8) is 0 Å². The maximum Gasteiger partial charge on any atom is 0.0756 e. The van der Waals surface area contributed by atoms with Crippen molar-refractivity contribution in [2.75, 3.05) is 6.61 Å². The monoisotopic (exact) mass is 218 g/mol. The first kappa shape index (κ1) is 13.4. The van der Waals surface area contributed by atoms with Crippen molar-refractivity contribution in [3.8, 4) is 35.5 Å². The van der Waals surface area contributed by atoms with Crippen LogP contribution in [0.1, 0.15) is 6.92 Å². The number of halogens is 1. The largest absolute Gasteiger partial charge is 0.395 e. The van der Waals surface area contributed by atoms with E-state index in [-0.39, 0.29) is 12.0 Å². The number of allylic oxidation sites excluding steroid dienone is 3. The van der Waals surface area contributed by atoms with Crippen LogP contribution >= 0.6 is 11.6 Å². The summed E-state index contributed by atoms with van der Waals surface area (Å²) in [5.41, 5.74) is 0. The van der Waals surface area contributed by atoms with Crippen molar-refractivity contribution in [2.45, 2.75) is 12.3 Å². The first-order valence-corrected chi connectivity index (χ1v) is 4.78. The van der Waals surface area contributed by atoms with Gasteiger partial charge in [0.05, 0.1) is 12.0 Å². The molecule has 0 rings (SSSR count). The predicted molar refractivity (Wildman–Crippen MR) is 64.0 cm³/mol. The second-order valence-corrected chi connectivity index (χ2v) is 2.91. The second kappa shape index (κ2) is 10.5. The molecule has 1 nitrogen and oxygen atoms in total. The fourth-order valence-corrected chi connectivity index (χ4v) is 0.587. The van der Waals surface area contributed by atoms with Gasteiger partial charge in [0.2, 0.25) is 0 Å². The molecule has 1 N–H and O–H groups in total. The zero-order valence-electron chi connectivity index (χ0n) is 8.42. The minimum absolute atomic E-state index is 0.0970. The molecule has 0 radical (unpaired) electrons. The van der Waals surface area contributed by atoms with Crippen LogP contribution in [0.2, 0.25) is 0 Å². The molecule has 0 heterocycles. The molecule has 0 unspecified atom stereocenters. The quantitative estimate of drug-likeness (QED) is 0.553. The van der Waals surface area contributed by atoms with E-state index in [0.29, 0.717) is 0 Å². The Labute approximate surface area is 95.8 Å². The van der Waals surface area contributed by atoms with Gasteiger partial charge in [-0.3, -0.25) is 0 Å². The standard InChI is InChI=1S/C13H11ClO/c1-2-3-4-5-6-7-8-9-10-11-13(14)12-15/h2-3,10-11,13,15H,12H2,1H3/t13-/m0/s1. The molecule has 0 aliphatic carbocycles. The zero-order chi connectivity index (χ0) is 11.4. The van der Waals surface area contributed by atoms with Gasteiger partial charge in [-0.15, -0.1) is 11.6 Å². The molecule has 15 heavy (non-hydrogen) atoms. The van der Waals surface area contributed by atoms with Gasteiger partial charge in [-0.2, -0.15) is 0 Å².